The van der Waals surface area contributed by atoms with Crippen molar-refractivity contribution in [2.24, 2.45) is 45.3 Å². The van der Waals surface area contributed by atoms with Gasteiger partial charge in [-0.15, -0.1) is 0 Å². The van der Waals surface area contributed by atoms with E-state index in [1.807, 2.05) is 0 Å². The third-order valence-electron chi connectivity index (χ3n) is 20.0. The molecule has 8 rings (SSSR count). The molecule has 8 aliphatic rings. The van der Waals surface area contributed by atoms with Crippen molar-refractivity contribution < 1.29 is 114 Å². The highest BCUT2D eigenvalue weighted by Gasteiger charge is 2.71. The third-order valence-corrected chi connectivity index (χ3v) is 20.0. The maximum Gasteiger partial charge on any atom is 0.187 e. The number of fused-ring (bicyclic) bond motifs is 5. The number of aliphatic hydroxyl groups is 12. The molecule has 0 aromatic heterocycles. The van der Waals surface area contributed by atoms with Gasteiger partial charge in [0.1, 0.15) is 91.2 Å². The van der Waals surface area contributed by atoms with Gasteiger partial charge in [-0.05, 0) is 118 Å². The number of aliphatic hydroxyl groups excluding tert-OH is 11. The minimum absolute atomic E-state index is 0.0506. The van der Waals surface area contributed by atoms with Gasteiger partial charge >= 0.3 is 0 Å². The molecule has 0 spiro atoms. The molecule has 23 heteroatoms. The van der Waals surface area contributed by atoms with E-state index in [9.17, 15) is 71.3 Å². The van der Waals surface area contributed by atoms with E-state index < -0.39 is 157 Å². The predicted octanol–water partition coefficient (Wildman–Crippen LogP) is -1.25. The summed E-state index contributed by atoms with van der Waals surface area (Å²) >= 11 is 0. The second-order valence-corrected chi connectivity index (χ2v) is 24.8. The van der Waals surface area contributed by atoms with Crippen LogP contribution in [0.25, 0.3) is 0 Å². The minimum atomic E-state index is -1.78. The predicted molar refractivity (Wildman–Crippen MR) is 256 cm³/mol. The highest BCUT2D eigenvalue weighted by molar-refractivity contribution is 5.62. The van der Waals surface area contributed by atoms with Gasteiger partial charge in [0.05, 0.1) is 44.2 Å². The molecule has 23 nitrogen and oxygen atoms in total. The number of ether oxygens (including phenoxy) is 8. The Labute approximate surface area is 437 Å². The summed E-state index contributed by atoms with van der Waals surface area (Å²) in [6, 6.07) is 0. The summed E-state index contributed by atoms with van der Waals surface area (Å²) in [5, 5.41) is 139. The van der Waals surface area contributed by atoms with E-state index in [2.05, 4.69) is 32.6 Å². The van der Waals surface area contributed by atoms with Crippen LogP contribution in [0.4, 0.5) is 0 Å². The Kier molecular flexibility index (Phi) is 17.9. The Hall–Kier alpha value is -1.47. The Morgan fingerprint density at radius 2 is 1.27 bits per heavy atom. The molecule has 27 atom stereocenters. The van der Waals surface area contributed by atoms with Crippen molar-refractivity contribution in [1.82, 2.24) is 0 Å². The first-order valence-corrected chi connectivity index (χ1v) is 26.9. The molecule has 4 saturated heterocycles. The Morgan fingerprint density at radius 1 is 0.640 bits per heavy atom. The van der Waals surface area contributed by atoms with E-state index in [0.717, 1.165) is 12.7 Å². The molecule has 0 radical (unpaired) electrons. The van der Waals surface area contributed by atoms with Crippen molar-refractivity contribution in [3.05, 3.63) is 12.2 Å². The molecule has 432 valence electrons. The lowest BCUT2D eigenvalue weighted by atomic mass is 9.35. The molecule has 8 fully saturated rings. The zero-order chi connectivity index (χ0) is 55.0. The molecular formula is C52H86O23. The van der Waals surface area contributed by atoms with E-state index in [0.29, 0.717) is 44.9 Å². The monoisotopic (exact) mass is 1080 g/mol. The van der Waals surface area contributed by atoms with Crippen LogP contribution in [0.3, 0.4) is 0 Å². The number of hydrogen-bond acceptors (Lipinski definition) is 23. The van der Waals surface area contributed by atoms with Gasteiger partial charge in [-0.25, -0.2) is 4.89 Å². The van der Waals surface area contributed by atoms with Crippen molar-refractivity contribution in [2.45, 2.75) is 234 Å². The van der Waals surface area contributed by atoms with Gasteiger partial charge in [-0.2, -0.15) is 0 Å². The molecule has 0 aromatic rings. The summed E-state index contributed by atoms with van der Waals surface area (Å²) in [6.45, 7) is 11.7. The van der Waals surface area contributed by atoms with Crippen molar-refractivity contribution in [3.8, 4) is 0 Å². The minimum Gasteiger partial charge on any atom is -0.394 e. The maximum absolute atomic E-state index is 14.2. The summed E-state index contributed by atoms with van der Waals surface area (Å²) in [6.07, 6.45) is -18.5. The lowest BCUT2D eigenvalue weighted by Crippen LogP contribution is -2.67. The second kappa shape index (κ2) is 22.5. The van der Waals surface area contributed by atoms with Gasteiger partial charge in [-0.3, -0.25) is 5.26 Å². The Morgan fingerprint density at radius 3 is 1.95 bits per heavy atom. The van der Waals surface area contributed by atoms with Crippen LogP contribution in [0, 0.1) is 45.3 Å². The number of rotatable bonds is 16. The first kappa shape index (κ1) is 59.6. The molecule has 0 amide bonds. The molecule has 75 heavy (non-hydrogen) atoms. The van der Waals surface area contributed by atoms with Crippen LogP contribution in [0.2, 0.25) is 0 Å². The summed E-state index contributed by atoms with van der Waals surface area (Å²) < 4.78 is 48.6. The SMILES string of the molecule is CC1OC(OC2C(OC3CCC4(C=O)C(CCC5(C)C4CCC4C(C(O)(CC=CC(C)(C)OO)COC6OC(CO)C(O)C(O)C6O)CCC45C)C3(C)C)OCC(O)C2OC2OCC(O)C(O)C2O)C(O)C(O)C1O. The second-order valence-electron chi connectivity index (χ2n) is 24.8. The molecule has 4 aliphatic heterocycles. The average Bonchev–Trinajstić information content (AvgIpc) is 3.75. The maximum atomic E-state index is 14.2. The molecule has 4 saturated carbocycles. The first-order chi connectivity index (χ1) is 35.1. The largest absolute Gasteiger partial charge is 0.394 e. The lowest BCUT2D eigenvalue weighted by Gasteiger charge is -2.69. The molecule has 0 aromatic carbocycles. The fourth-order valence-electron chi connectivity index (χ4n) is 15.4. The third kappa shape index (κ3) is 10.6. The Balaban J connectivity index is 1.03. The summed E-state index contributed by atoms with van der Waals surface area (Å²) in [5.41, 5.74) is -4.97. The number of hydrogen-bond donors (Lipinski definition) is 13. The van der Waals surface area contributed by atoms with Crippen LogP contribution in [0.5, 0.6) is 0 Å². The highest BCUT2D eigenvalue weighted by atomic mass is 17.1. The fraction of sp³-hybridized carbons (Fsp3) is 0.942. The topological polar surface area (TPSA) is 363 Å². The normalized spacial score (nSPS) is 51.1. The van der Waals surface area contributed by atoms with Crippen molar-refractivity contribution in [2.75, 3.05) is 26.4 Å². The van der Waals surface area contributed by atoms with Gasteiger partial charge in [0.2, 0.25) is 0 Å². The summed E-state index contributed by atoms with van der Waals surface area (Å²) in [5.74, 6) is -0.717. The Bertz CT molecular complexity index is 1960. The van der Waals surface area contributed by atoms with Crippen LogP contribution < -0.4 is 0 Å². The van der Waals surface area contributed by atoms with Gasteiger partial charge < -0.3 is 104 Å². The molecular weight excluding hydrogens is 993 g/mol. The highest BCUT2D eigenvalue weighted by Crippen LogP contribution is 2.75. The van der Waals surface area contributed by atoms with E-state index in [1.165, 1.54) is 6.92 Å². The molecule has 0 bridgehead atoms. The first-order valence-electron chi connectivity index (χ1n) is 26.9. The zero-order valence-corrected chi connectivity index (χ0v) is 44.1. The van der Waals surface area contributed by atoms with E-state index in [1.54, 1.807) is 26.0 Å². The number of aldehydes is 1. The van der Waals surface area contributed by atoms with Crippen LogP contribution in [-0.2, 0) is 47.6 Å². The lowest BCUT2D eigenvalue weighted by molar-refractivity contribution is -0.383. The van der Waals surface area contributed by atoms with Crippen LogP contribution in [-0.4, -0.2) is 227 Å². The van der Waals surface area contributed by atoms with Gasteiger partial charge in [0.15, 0.2) is 25.2 Å². The van der Waals surface area contributed by atoms with Crippen molar-refractivity contribution in [1.29, 1.82) is 0 Å². The molecule has 13 N–H and O–H groups in total. The van der Waals surface area contributed by atoms with E-state index in [-0.39, 0.29) is 48.7 Å². The number of carbonyl (C=O) groups is 1. The average molecular weight is 1080 g/mol. The van der Waals surface area contributed by atoms with Crippen LogP contribution in [0.1, 0.15) is 106 Å². The van der Waals surface area contributed by atoms with E-state index in [4.69, 9.17) is 37.9 Å². The van der Waals surface area contributed by atoms with Gasteiger partial charge in [0, 0.05) is 5.41 Å². The van der Waals surface area contributed by atoms with Gasteiger partial charge in [-0.1, -0.05) is 39.8 Å². The zero-order valence-electron chi connectivity index (χ0n) is 44.1. The summed E-state index contributed by atoms with van der Waals surface area (Å²) in [7, 11) is 0. The molecule has 4 aliphatic carbocycles. The van der Waals surface area contributed by atoms with Gasteiger partial charge in [0.25, 0.3) is 0 Å². The smallest absolute Gasteiger partial charge is 0.187 e. The molecule has 27 unspecified atom stereocenters. The summed E-state index contributed by atoms with van der Waals surface area (Å²) in [4.78, 5) is 18.8. The fourth-order valence-corrected chi connectivity index (χ4v) is 15.4. The quantitative estimate of drug-likeness (QED) is 0.0282. The van der Waals surface area contributed by atoms with E-state index >= 15 is 0 Å². The van der Waals surface area contributed by atoms with Crippen molar-refractivity contribution in [3.63, 3.8) is 0 Å². The van der Waals surface area contributed by atoms with Crippen molar-refractivity contribution >= 4 is 6.29 Å². The van der Waals surface area contributed by atoms with Crippen LogP contribution >= 0.6 is 0 Å². The van der Waals surface area contributed by atoms with Crippen LogP contribution in [0.15, 0.2) is 12.2 Å². The molecule has 4 heterocycles. The standard InChI is InChI=1S/C52H86O23/c1-24-33(57)36(60)40(64)45(70-24)74-42-41(73-43-38(62)34(58)27(55)20-67-43)28(56)21-68-46(42)72-32-13-18-51(22-54)30(48(32,4)5)12-17-50(7)31(51)10-9-25-26(11-16-49(25,50)6)52(65,15-8-14-47(2,3)75-66)23-69-44-39(63)37(61)35(59)29(19-53)71-44/h8,14,22,24-46,53,55-66H,9-13,15-21,23H2,1-7H3. The number of carbonyl (C=O) groups excluding carboxylic acids is 1.